The molecule has 3 aromatic heterocycles. The van der Waals surface area contributed by atoms with E-state index >= 15 is 0 Å². The number of aryl methyl sites for hydroxylation is 2. The summed E-state index contributed by atoms with van der Waals surface area (Å²) in [7, 11) is 3.16. The maximum absolute atomic E-state index is 5.45. The van der Waals surface area contributed by atoms with Gasteiger partial charge < -0.3 is 14.0 Å². The van der Waals surface area contributed by atoms with E-state index in [0.29, 0.717) is 40.3 Å². The molecule has 0 spiro atoms. The highest BCUT2D eigenvalue weighted by atomic mass is 32.2. The molecule has 0 aliphatic heterocycles. The minimum atomic E-state index is 0.437. The van der Waals surface area contributed by atoms with Gasteiger partial charge in [0.15, 0.2) is 17.3 Å². The Bertz CT molecular complexity index is 1170. The molecular formula is C20H20N6O3S. The van der Waals surface area contributed by atoms with Crippen molar-refractivity contribution in [3.63, 3.8) is 0 Å². The summed E-state index contributed by atoms with van der Waals surface area (Å²) in [5, 5.41) is 9.33. The zero-order chi connectivity index (χ0) is 21.1. The van der Waals surface area contributed by atoms with E-state index in [9.17, 15) is 0 Å². The van der Waals surface area contributed by atoms with Gasteiger partial charge in [0.05, 0.1) is 31.2 Å². The molecule has 154 valence electrons. The molecule has 0 saturated heterocycles. The van der Waals surface area contributed by atoms with Crippen molar-refractivity contribution in [3.8, 4) is 28.7 Å². The van der Waals surface area contributed by atoms with Crippen LogP contribution in [0.5, 0.6) is 11.5 Å². The van der Waals surface area contributed by atoms with Crippen molar-refractivity contribution in [1.82, 2.24) is 29.9 Å². The van der Waals surface area contributed by atoms with Gasteiger partial charge >= 0.3 is 0 Å². The zero-order valence-electron chi connectivity index (χ0n) is 17.0. The monoisotopic (exact) mass is 424 g/mol. The maximum Gasteiger partial charge on any atom is 0.237 e. The van der Waals surface area contributed by atoms with Crippen LogP contribution < -0.4 is 9.47 Å². The van der Waals surface area contributed by atoms with Crippen LogP contribution >= 0.6 is 11.8 Å². The molecule has 0 atom stereocenters. The van der Waals surface area contributed by atoms with Crippen LogP contribution in [0.1, 0.15) is 17.3 Å². The quantitative estimate of drug-likeness (QED) is 0.325. The van der Waals surface area contributed by atoms with Gasteiger partial charge in [-0.3, -0.25) is 0 Å². The van der Waals surface area contributed by atoms with Crippen molar-refractivity contribution >= 4 is 11.8 Å². The summed E-state index contributed by atoms with van der Waals surface area (Å²) < 4.78 is 18.0. The van der Waals surface area contributed by atoms with Crippen molar-refractivity contribution in [3.05, 3.63) is 53.9 Å². The van der Waals surface area contributed by atoms with Gasteiger partial charge in [-0.2, -0.15) is 10.1 Å². The van der Waals surface area contributed by atoms with Crippen molar-refractivity contribution < 1.29 is 14.0 Å². The highest BCUT2D eigenvalue weighted by Crippen LogP contribution is 2.36. The van der Waals surface area contributed by atoms with Gasteiger partial charge in [0.25, 0.3) is 0 Å². The lowest BCUT2D eigenvalue weighted by molar-refractivity contribution is 0.355. The van der Waals surface area contributed by atoms with Gasteiger partial charge in [-0.15, -0.1) is 0 Å². The van der Waals surface area contributed by atoms with Crippen LogP contribution in [0, 0.1) is 13.8 Å². The summed E-state index contributed by atoms with van der Waals surface area (Å²) in [6, 6.07) is 9.40. The number of rotatable bonds is 7. The van der Waals surface area contributed by atoms with E-state index in [1.54, 1.807) is 18.9 Å². The molecule has 0 unspecified atom stereocenters. The molecule has 0 bridgehead atoms. The fourth-order valence-electron chi connectivity index (χ4n) is 3.01. The maximum atomic E-state index is 5.45. The lowest BCUT2D eigenvalue weighted by Crippen LogP contribution is -2.02. The first kappa shape index (κ1) is 19.9. The Morgan fingerprint density at radius 1 is 1.10 bits per heavy atom. The third kappa shape index (κ3) is 3.99. The lowest BCUT2D eigenvalue weighted by atomic mass is 10.2. The number of aromatic nitrogens is 6. The number of nitrogens with zero attached hydrogens (tertiary/aromatic N) is 6. The Balaban J connectivity index is 1.51. The van der Waals surface area contributed by atoms with Gasteiger partial charge in [0, 0.05) is 11.8 Å². The molecule has 0 fully saturated rings. The fraction of sp³-hybridized carbons (Fsp3) is 0.250. The molecule has 30 heavy (non-hydrogen) atoms. The van der Waals surface area contributed by atoms with Gasteiger partial charge in [0.1, 0.15) is 11.4 Å². The fourth-order valence-corrected chi connectivity index (χ4v) is 3.71. The normalized spacial score (nSPS) is 10.9. The topological polar surface area (TPSA) is 101 Å². The van der Waals surface area contributed by atoms with E-state index in [1.807, 2.05) is 44.2 Å². The van der Waals surface area contributed by atoms with Gasteiger partial charge in [-0.1, -0.05) is 23.0 Å². The second-order valence-electron chi connectivity index (χ2n) is 6.39. The number of benzene rings is 1. The molecular weight excluding hydrogens is 404 g/mol. The molecule has 0 aliphatic carbocycles. The van der Waals surface area contributed by atoms with E-state index in [2.05, 4.69) is 25.2 Å². The first-order chi connectivity index (χ1) is 14.6. The molecule has 0 saturated carbocycles. The van der Waals surface area contributed by atoms with E-state index in [-0.39, 0.29) is 0 Å². The number of hydrogen-bond acceptors (Lipinski definition) is 9. The molecule has 4 rings (SSSR count). The molecule has 0 radical (unpaired) electrons. The number of methoxy groups -OCH3 is 2. The molecule has 0 aliphatic rings. The van der Waals surface area contributed by atoms with Crippen LogP contribution in [0.25, 0.3) is 17.2 Å². The third-order valence-electron chi connectivity index (χ3n) is 4.31. The average molecular weight is 424 g/mol. The van der Waals surface area contributed by atoms with E-state index in [1.165, 1.54) is 18.1 Å². The second kappa shape index (κ2) is 8.54. The standard InChI is InChI=1S/C20H20N6O3S/c1-12-8-13(2)26(24-12)16-9-18(22-11-21-16)30-10-17-23-20(25-29-17)14-6-5-7-15(27-3)19(14)28-4/h5-9,11H,10H2,1-4H3. The van der Waals surface area contributed by atoms with E-state index in [4.69, 9.17) is 14.0 Å². The molecule has 1 aromatic carbocycles. The SMILES string of the molecule is COc1cccc(-c2noc(CSc3cc(-n4nc(C)cc4C)ncn3)n2)c1OC. The van der Waals surface area contributed by atoms with Crippen molar-refractivity contribution in [1.29, 1.82) is 0 Å². The molecule has 4 aromatic rings. The summed E-state index contributed by atoms with van der Waals surface area (Å²) in [4.78, 5) is 13.1. The van der Waals surface area contributed by atoms with Gasteiger partial charge in [0.2, 0.25) is 11.7 Å². The summed E-state index contributed by atoms with van der Waals surface area (Å²) >= 11 is 1.48. The Labute approximate surface area is 177 Å². The zero-order valence-corrected chi connectivity index (χ0v) is 17.8. The lowest BCUT2D eigenvalue weighted by Gasteiger charge is -2.09. The smallest absolute Gasteiger partial charge is 0.237 e. The van der Waals surface area contributed by atoms with Crippen LogP contribution in [0.4, 0.5) is 0 Å². The Kier molecular flexibility index (Phi) is 5.66. The number of para-hydroxylation sites is 1. The number of ether oxygens (including phenoxy) is 2. The number of thioether (sulfide) groups is 1. The molecule has 3 heterocycles. The molecule has 10 heteroatoms. The second-order valence-corrected chi connectivity index (χ2v) is 7.39. The Morgan fingerprint density at radius 2 is 1.97 bits per heavy atom. The molecule has 0 amide bonds. The first-order valence-corrected chi connectivity index (χ1v) is 10.1. The van der Waals surface area contributed by atoms with E-state index < -0.39 is 0 Å². The largest absolute Gasteiger partial charge is 0.493 e. The van der Waals surface area contributed by atoms with Crippen LogP contribution in [0.2, 0.25) is 0 Å². The third-order valence-corrected chi connectivity index (χ3v) is 5.22. The van der Waals surface area contributed by atoms with Gasteiger partial charge in [-0.05, 0) is 32.0 Å². The average Bonchev–Trinajstić information content (AvgIpc) is 3.37. The number of hydrogen-bond donors (Lipinski definition) is 0. The predicted molar refractivity (Wildman–Crippen MR) is 111 cm³/mol. The van der Waals surface area contributed by atoms with Crippen molar-refractivity contribution in [2.45, 2.75) is 24.6 Å². The van der Waals surface area contributed by atoms with Crippen LogP contribution in [0.15, 0.2) is 46.2 Å². The highest BCUT2D eigenvalue weighted by Gasteiger charge is 2.17. The van der Waals surface area contributed by atoms with Crippen molar-refractivity contribution in [2.24, 2.45) is 0 Å². The summed E-state index contributed by atoms with van der Waals surface area (Å²) in [5.74, 6) is 3.26. The summed E-state index contributed by atoms with van der Waals surface area (Å²) in [6.07, 6.45) is 1.52. The van der Waals surface area contributed by atoms with E-state index in [0.717, 1.165) is 16.4 Å². The molecule has 0 N–H and O–H groups in total. The summed E-state index contributed by atoms with van der Waals surface area (Å²) in [6.45, 7) is 3.94. The predicted octanol–water partition coefficient (Wildman–Crippen LogP) is 3.64. The first-order valence-electron chi connectivity index (χ1n) is 9.11. The Morgan fingerprint density at radius 3 is 2.70 bits per heavy atom. The van der Waals surface area contributed by atoms with Crippen molar-refractivity contribution in [2.75, 3.05) is 14.2 Å². The highest BCUT2D eigenvalue weighted by molar-refractivity contribution is 7.98. The molecule has 9 nitrogen and oxygen atoms in total. The Hall–Kier alpha value is -3.40. The minimum Gasteiger partial charge on any atom is -0.493 e. The van der Waals surface area contributed by atoms with Crippen LogP contribution in [-0.4, -0.2) is 44.1 Å². The summed E-state index contributed by atoms with van der Waals surface area (Å²) in [5.41, 5.74) is 2.65. The van der Waals surface area contributed by atoms with Crippen LogP contribution in [0.3, 0.4) is 0 Å². The van der Waals surface area contributed by atoms with Gasteiger partial charge in [-0.25, -0.2) is 14.6 Å². The van der Waals surface area contributed by atoms with Crippen LogP contribution in [-0.2, 0) is 5.75 Å². The minimum absolute atomic E-state index is 0.437.